The number of rotatable bonds is 2. The molecule has 15 heavy (non-hydrogen) atoms. The molecular formula is C12H12N2O. The molecule has 1 aromatic carbocycles. The van der Waals surface area contributed by atoms with Gasteiger partial charge in [-0.1, -0.05) is 30.3 Å². The van der Waals surface area contributed by atoms with Gasteiger partial charge in [0.25, 0.3) is 0 Å². The highest BCUT2D eigenvalue weighted by Gasteiger charge is 2.04. The third-order valence-electron chi connectivity index (χ3n) is 2.20. The van der Waals surface area contributed by atoms with Crippen LogP contribution in [0.1, 0.15) is 5.56 Å². The number of nitrogens with zero attached hydrogens (tertiary/aromatic N) is 1. The molecule has 1 aromatic heterocycles. The van der Waals surface area contributed by atoms with Gasteiger partial charge in [0.2, 0.25) is 0 Å². The summed E-state index contributed by atoms with van der Waals surface area (Å²) >= 11 is 0. The molecule has 3 N–H and O–H groups in total. The van der Waals surface area contributed by atoms with Crippen molar-refractivity contribution in [2.75, 3.05) is 5.73 Å². The van der Waals surface area contributed by atoms with E-state index in [9.17, 15) is 0 Å². The number of nitrogen functional groups attached to an aromatic ring is 1. The highest BCUT2D eigenvalue weighted by Crippen LogP contribution is 2.23. The van der Waals surface area contributed by atoms with Crippen molar-refractivity contribution in [3.05, 3.63) is 48.2 Å². The second-order valence-corrected chi connectivity index (χ2v) is 3.31. The van der Waals surface area contributed by atoms with E-state index in [1.807, 2.05) is 30.3 Å². The second kappa shape index (κ2) is 4.11. The average molecular weight is 200 g/mol. The molecule has 0 fully saturated rings. The quantitative estimate of drug-likeness (QED) is 0.777. The number of hydrogen-bond acceptors (Lipinski definition) is 3. The van der Waals surface area contributed by atoms with Gasteiger partial charge in [-0.25, -0.2) is 0 Å². The van der Waals surface area contributed by atoms with E-state index >= 15 is 0 Å². The van der Waals surface area contributed by atoms with Crippen LogP contribution < -0.4 is 5.73 Å². The number of anilines is 1. The third-order valence-corrected chi connectivity index (χ3v) is 2.20. The maximum absolute atomic E-state index is 8.93. The lowest BCUT2D eigenvalue weighted by molar-refractivity contribution is 0.281. The summed E-state index contributed by atoms with van der Waals surface area (Å²) in [6.45, 7) is -0.0354. The molecule has 2 aromatic rings. The number of benzene rings is 1. The topological polar surface area (TPSA) is 59.1 Å². The highest BCUT2D eigenvalue weighted by atomic mass is 16.3. The zero-order valence-corrected chi connectivity index (χ0v) is 8.22. The molecule has 3 nitrogen and oxygen atoms in total. The van der Waals surface area contributed by atoms with E-state index in [1.165, 1.54) is 0 Å². The van der Waals surface area contributed by atoms with E-state index in [0.29, 0.717) is 5.69 Å². The molecule has 2 rings (SSSR count). The Morgan fingerprint density at radius 3 is 2.53 bits per heavy atom. The van der Waals surface area contributed by atoms with E-state index in [2.05, 4.69) is 4.98 Å². The summed E-state index contributed by atoms with van der Waals surface area (Å²) in [5, 5.41) is 8.93. The summed E-state index contributed by atoms with van der Waals surface area (Å²) in [7, 11) is 0. The van der Waals surface area contributed by atoms with E-state index < -0.39 is 0 Å². The number of nitrogens with two attached hydrogens (primary N) is 1. The Balaban J connectivity index is 2.46. The minimum Gasteiger partial charge on any atom is -0.397 e. The van der Waals surface area contributed by atoms with Crippen LogP contribution in [-0.2, 0) is 6.61 Å². The smallest absolute Gasteiger partial charge is 0.0931 e. The molecule has 0 aliphatic carbocycles. The summed E-state index contributed by atoms with van der Waals surface area (Å²) in [5.41, 5.74) is 8.92. The minimum atomic E-state index is -0.0354. The van der Waals surface area contributed by atoms with Crippen molar-refractivity contribution in [3.63, 3.8) is 0 Å². The summed E-state index contributed by atoms with van der Waals surface area (Å²) in [4.78, 5) is 4.23. The molecule has 0 saturated carbocycles. The van der Waals surface area contributed by atoms with Crippen molar-refractivity contribution in [1.29, 1.82) is 0 Å². The molecule has 0 aliphatic rings. The predicted molar refractivity (Wildman–Crippen MR) is 60.0 cm³/mol. The standard InChI is InChI=1S/C12H12N2O/c13-11-6-9(8-15)7-14-12(11)10-4-2-1-3-5-10/h1-7,15H,8,13H2. The first-order valence-corrected chi connectivity index (χ1v) is 4.72. The lowest BCUT2D eigenvalue weighted by Gasteiger charge is -2.05. The number of aliphatic hydroxyl groups excluding tert-OH is 1. The second-order valence-electron chi connectivity index (χ2n) is 3.31. The molecule has 0 atom stereocenters. The third kappa shape index (κ3) is 1.97. The molecular weight excluding hydrogens is 188 g/mol. The van der Waals surface area contributed by atoms with Gasteiger partial charge in [-0.05, 0) is 11.6 Å². The maximum atomic E-state index is 8.93. The van der Waals surface area contributed by atoms with Gasteiger partial charge >= 0.3 is 0 Å². The molecule has 0 saturated heterocycles. The molecule has 0 unspecified atom stereocenters. The summed E-state index contributed by atoms with van der Waals surface area (Å²) in [6, 6.07) is 11.5. The van der Waals surface area contributed by atoms with Crippen molar-refractivity contribution >= 4 is 5.69 Å². The van der Waals surface area contributed by atoms with Crippen LogP contribution in [0.25, 0.3) is 11.3 Å². The molecule has 0 aliphatic heterocycles. The largest absolute Gasteiger partial charge is 0.397 e. The number of aromatic nitrogens is 1. The Hall–Kier alpha value is -1.87. The van der Waals surface area contributed by atoms with Gasteiger partial charge in [-0.15, -0.1) is 0 Å². The van der Waals surface area contributed by atoms with Crippen LogP contribution in [-0.4, -0.2) is 10.1 Å². The van der Waals surface area contributed by atoms with E-state index in [-0.39, 0.29) is 6.61 Å². The maximum Gasteiger partial charge on any atom is 0.0931 e. The Bertz CT molecular complexity index is 454. The molecule has 76 valence electrons. The van der Waals surface area contributed by atoms with Crippen LogP contribution >= 0.6 is 0 Å². The van der Waals surface area contributed by atoms with E-state index in [1.54, 1.807) is 12.3 Å². The summed E-state index contributed by atoms with van der Waals surface area (Å²) in [6.07, 6.45) is 1.64. The van der Waals surface area contributed by atoms with Crippen LogP contribution in [0.2, 0.25) is 0 Å². The monoisotopic (exact) mass is 200 g/mol. The molecule has 0 amide bonds. The van der Waals surface area contributed by atoms with Gasteiger partial charge in [0.05, 0.1) is 18.0 Å². The van der Waals surface area contributed by atoms with Crippen molar-refractivity contribution in [2.45, 2.75) is 6.61 Å². The first-order valence-electron chi connectivity index (χ1n) is 4.72. The fourth-order valence-corrected chi connectivity index (χ4v) is 1.45. The molecule has 0 spiro atoms. The van der Waals surface area contributed by atoms with Crippen molar-refractivity contribution in [2.24, 2.45) is 0 Å². The number of hydrogen-bond donors (Lipinski definition) is 2. The normalized spacial score (nSPS) is 10.2. The Morgan fingerprint density at radius 2 is 1.93 bits per heavy atom. The lowest BCUT2D eigenvalue weighted by atomic mass is 10.1. The molecule has 0 bridgehead atoms. The number of pyridine rings is 1. The molecule has 0 radical (unpaired) electrons. The van der Waals surface area contributed by atoms with Crippen LogP contribution in [0.15, 0.2) is 42.6 Å². The van der Waals surface area contributed by atoms with Gasteiger partial charge in [0.1, 0.15) is 0 Å². The Labute approximate surface area is 88.2 Å². The van der Waals surface area contributed by atoms with Gasteiger partial charge in [0, 0.05) is 11.8 Å². The summed E-state index contributed by atoms with van der Waals surface area (Å²) in [5.74, 6) is 0. The van der Waals surface area contributed by atoms with Crippen molar-refractivity contribution < 1.29 is 5.11 Å². The highest BCUT2D eigenvalue weighted by molar-refractivity contribution is 5.72. The van der Waals surface area contributed by atoms with Crippen LogP contribution in [0.4, 0.5) is 5.69 Å². The van der Waals surface area contributed by atoms with Crippen LogP contribution in [0.3, 0.4) is 0 Å². The van der Waals surface area contributed by atoms with Gasteiger partial charge in [0.15, 0.2) is 0 Å². The number of aliphatic hydroxyl groups is 1. The first kappa shape index (κ1) is 9.68. The van der Waals surface area contributed by atoms with Crippen molar-refractivity contribution in [3.8, 4) is 11.3 Å². The zero-order valence-electron chi connectivity index (χ0n) is 8.22. The zero-order chi connectivity index (χ0) is 10.7. The van der Waals surface area contributed by atoms with Gasteiger partial charge < -0.3 is 10.8 Å². The Kier molecular flexibility index (Phi) is 2.65. The predicted octanol–water partition coefficient (Wildman–Crippen LogP) is 1.82. The van der Waals surface area contributed by atoms with Gasteiger partial charge in [-0.3, -0.25) is 4.98 Å². The van der Waals surface area contributed by atoms with E-state index in [4.69, 9.17) is 10.8 Å². The first-order chi connectivity index (χ1) is 7.31. The van der Waals surface area contributed by atoms with Crippen LogP contribution in [0.5, 0.6) is 0 Å². The Morgan fingerprint density at radius 1 is 1.20 bits per heavy atom. The average Bonchev–Trinajstić information content (AvgIpc) is 2.30. The lowest BCUT2D eigenvalue weighted by Crippen LogP contribution is -1.96. The molecule has 3 heteroatoms. The summed E-state index contributed by atoms with van der Waals surface area (Å²) < 4.78 is 0. The minimum absolute atomic E-state index is 0.0354. The van der Waals surface area contributed by atoms with Crippen molar-refractivity contribution in [1.82, 2.24) is 4.98 Å². The molecule has 1 heterocycles. The fourth-order valence-electron chi connectivity index (χ4n) is 1.45. The SMILES string of the molecule is Nc1cc(CO)cnc1-c1ccccc1. The van der Waals surface area contributed by atoms with E-state index in [0.717, 1.165) is 16.8 Å². The fraction of sp³-hybridized carbons (Fsp3) is 0.0833. The van der Waals surface area contributed by atoms with Gasteiger partial charge in [-0.2, -0.15) is 0 Å². The van der Waals surface area contributed by atoms with Crippen LogP contribution in [0, 0.1) is 0 Å².